The van der Waals surface area contributed by atoms with E-state index in [0.717, 1.165) is 5.56 Å². The van der Waals surface area contributed by atoms with E-state index in [4.69, 9.17) is 14.6 Å². The van der Waals surface area contributed by atoms with Gasteiger partial charge in [0, 0.05) is 23.6 Å². The van der Waals surface area contributed by atoms with Crippen molar-refractivity contribution in [3.8, 4) is 11.5 Å². The highest BCUT2D eigenvalue weighted by molar-refractivity contribution is 6.07. The van der Waals surface area contributed by atoms with Gasteiger partial charge in [-0.15, -0.1) is 0 Å². The molecule has 1 heterocycles. The molecule has 0 spiro atoms. The van der Waals surface area contributed by atoms with E-state index in [9.17, 15) is 9.59 Å². The fourth-order valence-corrected chi connectivity index (χ4v) is 4.19. The van der Waals surface area contributed by atoms with Crippen LogP contribution in [0.4, 0.5) is 0 Å². The minimum atomic E-state index is -0.486. The first-order valence-corrected chi connectivity index (χ1v) is 11.6. The Balaban J connectivity index is 1.54. The average molecular weight is 477 g/mol. The minimum Gasteiger partial charge on any atom is -0.497 e. The summed E-state index contributed by atoms with van der Waals surface area (Å²) in [7, 11) is 1.55. The Labute approximate surface area is 209 Å². The number of carbonyl (C=O) groups is 2. The van der Waals surface area contributed by atoms with Crippen LogP contribution in [0.2, 0.25) is 0 Å². The van der Waals surface area contributed by atoms with Crippen molar-refractivity contribution >= 4 is 17.6 Å². The lowest BCUT2D eigenvalue weighted by Gasteiger charge is -2.22. The van der Waals surface area contributed by atoms with Gasteiger partial charge in [-0.2, -0.15) is 5.10 Å². The van der Waals surface area contributed by atoms with Crippen LogP contribution in [0.15, 0.2) is 114 Å². The zero-order valence-electron chi connectivity index (χ0n) is 19.7. The number of nitrogens with zero attached hydrogens (tertiary/aromatic N) is 2. The fraction of sp³-hybridized carbons (Fsp3) is 0.100. The Morgan fingerprint density at radius 1 is 0.806 bits per heavy atom. The quantitative estimate of drug-likeness (QED) is 0.256. The maximum absolute atomic E-state index is 13.5. The molecule has 6 nitrogen and oxygen atoms in total. The standard InChI is InChI=1S/C30H24N2O4/c1-35-24-17-18-25(28(19-24)36-30(34)23-15-9-4-10-16-23)26-20-27(21-11-5-2-6-12-21)32(31-26)29(33)22-13-7-3-8-14-22/h2-19,27H,20H2,1H3. The third-order valence-corrected chi connectivity index (χ3v) is 6.04. The Hall–Kier alpha value is -4.71. The number of methoxy groups -OCH3 is 1. The summed E-state index contributed by atoms with van der Waals surface area (Å²) < 4.78 is 11.2. The number of rotatable bonds is 6. The summed E-state index contributed by atoms with van der Waals surface area (Å²) in [5.74, 6) is 0.184. The first-order chi connectivity index (χ1) is 17.6. The molecule has 0 fully saturated rings. The van der Waals surface area contributed by atoms with Crippen molar-refractivity contribution in [3.63, 3.8) is 0 Å². The zero-order valence-corrected chi connectivity index (χ0v) is 19.7. The van der Waals surface area contributed by atoms with Crippen LogP contribution in [-0.4, -0.2) is 29.7 Å². The van der Waals surface area contributed by atoms with Crippen molar-refractivity contribution in [1.82, 2.24) is 5.01 Å². The zero-order chi connectivity index (χ0) is 24.9. The summed E-state index contributed by atoms with van der Waals surface area (Å²) in [6, 6.07) is 32.6. The molecule has 6 heteroatoms. The number of hydrogen-bond acceptors (Lipinski definition) is 5. The van der Waals surface area contributed by atoms with E-state index in [1.807, 2.05) is 60.7 Å². The van der Waals surface area contributed by atoms with Gasteiger partial charge in [0.15, 0.2) is 0 Å². The summed E-state index contributed by atoms with van der Waals surface area (Å²) in [4.78, 5) is 26.3. The predicted molar refractivity (Wildman–Crippen MR) is 137 cm³/mol. The van der Waals surface area contributed by atoms with Crippen LogP contribution in [0.25, 0.3) is 0 Å². The topological polar surface area (TPSA) is 68.2 Å². The normalized spacial score (nSPS) is 14.8. The number of esters is 1. The highest BCUT2D eigenvalue weighted by Crippen LogP contribution is 2.37. The van der Waals surface area contributed by atoms with E-state index < -0.39 is 5.97 Å². The number of benzene rings is 4. The summed E-state index contributed by atoms with van der Waals surface area (Å²) in [6.45, 7) is 0. The second-order valence-electron chi connectivity index (χ2n) is 8.31. The monoisotopic (exact) mass is 476 g/mol. The van der Waals surface area contributed by atoms with Crippen LogP contribution in [0.1, 0.15) is 44.3 Å². The summed E-state index contributed by atoms with van der Waals surface area (Å²) in [5, 5.41) is 6.28. The van der Waals surface area contributed by atoms with Crippen LogP contribution in [-0.2, 0) is 0 Å². The van der Waals surface area contributed by atoms with Crippen LogP contribution in [0.5, 0.6) is 11.5 Å². The lowest BCUT2D eigenvalue weighted by Crippen LogP contribution is -2.27. The number of amides is 1. The van der Waals surface area contributed by atoms with E-state index in [1.54, 1.807) is 55.6 Å². The van der Waals surface area contributed by atoms with E-state index >= 15 is 0 Å². The van der Waals surface area contributed by atoms with Gasteiger partial charge in [0.25, 0.3) is 5.91 Å². The van der Waals surface area contributed by atoms with Crippen molar-refractivity contribution in [2.75, 3.05) is 7.11 Å². The number of hydrazone groups is 1. The predicted octanol–water partition coefficient (Wildman–Crippen LogP) is 5.91. The minimum absolute atomic E-state index is 0.198. The molecule has 178 valence electrons. The van der Waals surface area contributed by atoms with Crippen molar-refractivity contribution in [2.45, 2.75) is 12.5 Å². The SMILES string of the molecule is COc1ccc(C2=NN(C(=O)c3ccccc3)C(c3ccccc3)C2)c(OC(=O)c2ccccc2)c1. The molecule has 0 bridgehead atoms. The summed E-state index contributed by atoms with van der Waals surface area (Å²) in [6.07, 6.45) is 0.463. The maximum atomic E-state index is 13.5. The van der Waals surface area contributed by atoms with Gasteiger partial charge < -0.3 is 9.47 Å². The van der Waals surface area contributed by atoms with Crippen molar-refractivity contribution in [1.29, 1.82) is 0 Å². The van der Waals surface area contributed by atoms with E-state index in [-0.39, 0.29) is 11.9 Å². The third kappa shape index (κ3) is 4.74. The lowest BCUT2D eigenvalue weighted by molar-refractivity contribution is 0.0708. The molecule has 1 amide bonds. The molecule has 0 aromatic heterocycles. The Morgan fingerprint density at radius 3 is 2.06 bits per heavy atom. The van der Waals surface area contributed by atoms with Gasteiger partial charge in [-0.05, 0) is 42.0 Å². The molecular formula is C30H24N2O4. The summed E-state index contributed by atoms with van der Waals surface area (Å²) in [5.41, 5.74) is 3.23. The van der Waals surface area contributed by atoms with Gasteiger partial charge in [-0.1, -0.05) is 66.7 Å². The van der Waals surface area contributed by atoms with Crippen LogP contribution in [0.3, 0.4) is 0 Å². The maximum Gasteiger partial charge on any atom is 0.343 e. The Morgan fingerprint density at radius 2 is 1.42 bits per heavy atom. The average Bonchev–Trinajstić information content (AvgIpc) is 3.39. The highest BCUT2D eigenvalue weighted by Gasteiger charge is 2.34. The van der Waals surface area contributed by atoms with Crippen LogP contribution in [0, 0.1) is 0 Å². The molecule has 36 heavy (non-hydrogen) atoms. The molecule has 5 rings (SSSR count). The smallest absolute Gasteiger partial charge is 0.343 e. The highest BCUT2D eigenvalue weighted by atomic mass is 16.5. The fourth-order valence-electron chi connectivity index (χ4n) is 4.19. The molecular weight excluding hydrogens is 452 g/mol. The first kappa shape index (κ1) is 23.1. The molecule has 0 radical (unpaired) electrons. The molecule has 1 aliphatic heterocycles. The lowest BCUT2D eigenvalue weighted by atomic mass is 9.97. The molecule has 0 saturated heterocycles. The summed E-state index contributed by atoms with van der Waals surface area (Å²) >= 11 is 0. The molecule has 4 aromatic carbocycles. The number of carbonyl (C=O) groups excluding carboxylic acids is 2. The Bertz CT molecular complexity index is 1400. The van der Waals surface area contributed by atoms with Crippen LogP contribution < -0.4 is 9.47 Å². The van der Waals surface area contributed by atoms with Gasteiger partial charge in [0.05, 0.1) is 24.4 Å². The first-order valence-electron chi connectivity index (χ1n) is 11.6. The molecule has 0 aliphatic carbocycles. The van der Waals surface area contributed by atoms with Crippen LogP contribution >= 0.6 is 0 Å². The molecule has 4 aromatic rings. The largest absolute Gasteiger partial charge is 0.497 e. The second-order valence-corrected chi connectivity index (χ2v) is 8.31. The van der Waals surface area contributed by atoms with Crippen molar-refractivity contribution in [3.05, 3.63) is 131 Å². The van der Waals surface area contributed by atoms with Crippen molar-refractivity contribution < 1.29 is 19.1 Å². The molecule has 0 N–H and O–H groups in total. The van der Waals surface area contributed by atoms with Crippen molar-refractivity contribution in [2.24, 2.45) is 5.10 Å². The van der Waals surface area contributed by atoms with E-state index in [0.29, 0.717) is 40.3 Å². The number of ether oxygens (including phenoxy) is 2. The van der Waals surface area contributed by atoms with Gasteiger partial charge >= 0.3 is 5.97 Å². The molecule has 1 unspecified atom stereocenters. The molecule has 1 atom stereocenters. The van der Waals surface area contributed by atoms with Gasteiger partial charge in [-0.25, -0.2) is 9.80 Å². The molecule has 1 aliphatic rings. The Kier molecular flexibility index (Phi) is 6.58. The second kappa shape index (κ2) is 10.3. The van der Waals surface area contributed by atoms with E-state index in [2.05, 4.69) is 0 Å². The molecule has 0 saturated carbocycles. The van der Waals surface area contributed by atoms with Gasteiger partial charge in [-0.3, -0.25) is 4.79 Å². The third-order valence-electron chi connectivity index (χ3n) is 6.04. The van der Waals surface area contributed by atoms with Gasteiger partial charge in [0.1, 0.15) is 11.5 Å². The van der Waals surface area contributed by atoms with E-state index in [1.165, 1.54) is 5.01 Å². The number of hydrogen-bond donors (Lipinski definition) is 0. The van der Waals surface area contributed by atoms with Gasteiger partial charge in [0.2, 0.25) is 0 Å².